The van der Waals surface area contributed by atoms with Crippen LogP contribution in [0.1, 0.15) is 22.3 Å². The first-order chi connectivity index (χ1) is 15.5. The molecule has 0 aliphatic heterocycles. The van der Waals surface area contributed by atoms with Gasteiger partial charge in [-0.15, -0.1) is 0 Å². The third kappa shape index (κ3) is 5.33. The highest BCUT2D eigenvalue weighted by atomic mass is 32.1. The molecule has 3 aromatic carbocycles. The van der Waals surface area contributed by atoms with E-state index in [2.05, 4.69) is 24.0 Å². The van der Waals surface area contributed by atoms with Crippen molar-refractivity contribution in [3.8, 4) is 11.5 Å². The van der Waals surface area contributed by atoms with E-state index < -0.39 is 0 Å². The summed E-state index contributed by atoms with van der Waals surface area (Å²) in [6, 6.07) is 23.1. The highest BCUT2D eigenvalue weighted by Crippen LogP contribution is 2.31. The molecular formula is C26H27N3O2S. The van der Waals surface area contributed by atoms with Crippen molar-refractivity contribution < 1.29 is 9.53 Å². The zero-order valence-electron chi connectivity index (χ0n) is 18.6. The molecule has 4 rings (SSSR count). The second kappa shape index (κ2) is 9.94. The molecular weight excluding hydrogens is 418 g/mol. The first-order valence-corrected chi connectivity index (χ1v) is 11.5. The molecule has 164 valence electrons. The van der Waals surface area contributed by atoms with Gasteiger partial charge < -0.3 is 9.64 Å². The first-order valence-electron chi connectivity index (χ1n) is 10.7. The summed E-state index contributed by atoms with van der Waals surface area (Å²) < 4.78 is 6.95. The molecule has 0 bridgehead atoms. The van der Waals surface area contributed by atoms with Crippen LogP contribution in [0.2, 0.25) is 0 Å². The number of fused-ring (bicyclic) bond motifs is 1. The fourth-order valence-electron chi connectivity index (χ4n) is 3.41. The van der Waals surface area contributed by atoms with Gasteiger partial charge in [0.25, 0.3) is 5.91 Å². The fraction of sp³-hybridized carbons (Fsp3) is 0.231. The first kappa shape index (κ1) is 22.0. The van der Waals surface area contributed by atoms with E-state index in [4.69, 9.17) is 9.72 Å². The Morgan fingerprint density at radius 2 is 1.66 bits per heavy atom. The summed E-state index contributed by atoms with van der Waals surface area (Å²) in [5.41, 5.74) is 2.73. The Balaban J connectivity index is 1.57. The van der Waals surface area contributed by atoms with Gasteiger partial charge in [0.1, 0.15) is 11.5 Å². The van der Waals surface area contributed by atoms with E-state index >= 15 is 0 Å². The Kier molecular flexibility index (Phi) is 6.83. The van der Waals surface area contributed by atoms with Crippen molar-refractivity contribution in [1.82, 2.24) is 9.88 Å². The van der Waals surface area contributed by atoms with Crippen LogP contribution < -0.4 is 9.64 Å². The smallest absolute Gasteiger partial charge is 0.260 e. The number of anilines is 1. The Bertz CT molecular complexity index is 1190. The van der Waals surface area contributed by atoms with E-state index in [-0.39, 0.29) is 5.91 Å². The SMILES string of the molecule is Cc1ccc2nc(N(CCCN(C)C)C(=O)c3ccc(Oc4ccccc4)cc3)sc2c1. The number of carbonyl (C=O) groups excluding carboxylic acids is 1. The molecule has 0 atom stereocenters. The lowest BCUT2D eigenvalue weighted by Gasteiger charge is -2.21. The van der Waals surface area contributed by atoms with E-state index in [9.17, 15) is 4.79 Å². The molecule has 0 radical (unpaired) electrons. The van der Waals surface area contributed by atoms with Gasteiger partial charge in [0.15, 0.2) is 5.13 Å². The van der Waals surface area contributed by atoms with Gasteiger partial charge in [0.05, 0.1) is 10.2 Å². The molecule has 1 amide bonds. The number of thiazole rings is 1. The number of ether oxygens (including phenoxy) is 1. The minimum atomic E-state index is -0.0502. The second-order valence-corrected chi connectivity index (χ2v) is 9.03. The summed E-state index contributed by atoms with van der Waals surface area (Å²) in [6.45, 7) is 3.58. The molecule has 0 spiro atoms. The topological polar surface area (TPSA) is 45.7 Å². The van der Waals surface area contributed by atoms with Gasteiger partial charge in [0.2, 0.25) is 0 Å². The number of benzene rings is 3. The Morgan fingerprint density at radius 1 is 0.938 bits per heavy atom. The van der Waals surface area contributed by atoms with Crippen LogP contribution in [0.15, 0.2) is 72.8 Å². The molecule has 0 unspecified atom stereocenters. The lowest BCUT2D eigenvalue weighted by molar-refractivity contribution is 0.0986. The molecule has 32 heavy (non-hydrogen) atoms. The molecule has 5 nitrogen and oxygen atoms in total. The minimum absolute atomic E-state index is 0.0502. The normalized spacial score (nSPS) is 11.1. The van der Waals surface area contributed by atoms with E-state index in [1.54, 1.807) is 16.2 Å². The number of para-hydroxylation sites is 1. The number of rotatable bonds is 8. The van der Waals surface area contributed by atoms with Gasteiger partial charge in [-0.05, 0) is 88.1 Å². The molecule has 0 N–H and O–H groups in total. The highest BCUT2D eigenvalue weighted by molar-refractivity contribution is 7.22. The molecule has 0 aliphatic rings. The van der Waals surface area contributed by atoms with Crippen molar-refractivity contribution in [1.29, 1.82) is 0 Å². The average molecular weight is 446 g/mol. The molecule has 0 fully saturated rings. The predicted molar refractivity (Wildman–Crippen MR) is 132 cm³/mol. The van der Waals surface area contributed by atoms with Crippen LogP contribution in [-0.4, -0.2) is 43.0 Å². The van der Waals surface area contributed by atoms with Crippen LogP contribution in [0.4, 0.5) is 5.13 Å². The number of hydrogen-bond acceptors (Lipinski definition) is 5. The van der Waals surface area contributed by atoms with Gasteiger partial charge in [-0.25, -0.2) is 4.98 Å². The molecule has 0 aliphatic carbocycles. The molecule has 1 aromatic heterocycles. The Morgan fingerprint density at radius 3 is 2.38 bits per heavy atom. The zero-order valence-corrected chi connectivity index (χ0v) is 19.4. The third-order valence-electron chi connectivity index (χ3n) is 5.08. The van der Waals surface area contributed by atoms with E-state index in [1.165, 1.54) is 5.56 Å². The van der Waals surface area contributed by atoms with Crippen LogP contribution >= 0.6 is 11.3 Å². The van der Waals surface area contributed by atoms with Crippen molar-refractivity contribution >= 4 is 32.6 Å². The quantitative estimate of drug-likeness (QED) is 0.334. The molecule has 1 heterocycles. The van der Waals surface area contributed by atoms with Crippen LogP contribution in [0.5, 0.6) is 11.5 Å². The van der Waals surface area contributed by atoms with Gasteiger partial charge in [-0.3, -0.25) is 9.69 Å². The van der Waals surface area contributed by atoms with Crippen molar-refractivity contribution in [2.24, 2.45) is 0 Å². The maximum atomic E-state index is 13.5. The number of amides is 1. The summed E-state index contributed by atoms with van der Waals surface area (Å²) in [5, 5.41) is 0.735. The van der Waals surface area contributed by atoms with Gasteiger partial charge >= 0.3 is 0 Å². The predicted octanol–water partition coefficient (Wildman–Crippen LogP) is 6.00. The number of hydrogen-bond donors (Lipinski definition) is 0. The lowest BCUT2D eigenvalue weighted by Crippen LogP contribution is -2.33. The number of aromatic nitrogens is 1. The number of carbonyl (C=O) groups is 1. The van der Waals surface area contributed by atoms with E-state index in [1.807, 2.05) is 74.8 Å². The summed E-state index contributed by atoms with van der Waals surface area (Å²) in [7, 11) is 4.08. The monoisotopic (exact) mass is 445 g/mol. The van der Waals surface area contributed by atoms with Crippen LogP contribution in [0.25, 0.3) is 10.2 Å². The zero-order chi connectivity index (χ0) is 22.5. The number of aryl methyl sites for hydroxylation is 1. The standard InChI is InChI=1S/C26H27N3O2S/c1-19-10-15-23-24(18-19)32-26(27-23)29(17-7-16-28(2)3)25(30)20-11-13-22(14-12-20)31-21-8-5-4-6-9-21/h4-6,8-15,18H,7,16-17H2,1-3H3. The maximum Gasteiger partial charge on any atom is 0.260 e. The fourth-order valence-corrected chi connectivity index (χ4v) is 4.50. The van der Waals surface area contributed by atoms with E-state index in [0.717, 1.165) is 34.1 Å². The Labute approximate surface area is 192 Å². The van der Waals surface area contributed by atoms with Crippen LogP contribution in [0, 0.1) is 6.92 Å². The lowest BCUT2D eigenvalue weighted by atomic mass is 10.2. The van der Waals surface area contributed by atoms with Crippen molar-refractivity contribution in [2.45, 2.75) is 13.3 Å². The summed E-state index contributed by atoms with van der Waals surface area (Å²) in [4.78, 5) is 22.2. The van der Waals surface area contributed by atoms with E-state index in [0.29, 0.717) is 17.9 Å². The second-order valence-electron chi connectivity index (χ2n) is 8.02. The van der Waals surface area contributed by atoms with Crippen molar-refractivity contribution in [3.63, 3.8) is 0 Å². The highest BCUT2D eigenvalue weighted by Gasteiger charge is 2.21. The summed E-state index contributed by atoms with van der Waals surface area (Å²) >= 11 is 1.56. The molecule has 0 saturated carbocycles. The molecule has 0 saturated heterocycles. The van der Waals surface area contributed by atoms with Crippen molar-refractivity contribution in [3.05, 3.63) is 83.9 Å². The molecule has 4 aromatic rings. The van der Waals surface area contributed by atoms with Crippen LogP contribution in [-0.2, 0) is 0 Å². The summed E-state index contributed by atoms with van der Waals surface area (Å²) in [6.07, 6.45) is 0.864. The average Bonchev–Trinajstić information content (AvgIpc) is 3.20. The number of nitrogens with zero attached hydrogens (tertiary/aromatic N) is 3. The van der Waals surface area contributed by atoms with Gasteiger partial charge in [0, 0.05) is 12.1 Å². The maximum absolute atomic E-state index is 13.5. The van der Waals surface area contributed by atoms with Crippen molar-refractivity contribution in [2.75, 3.05) is 32.1 Å². The minimum Gasteiger partial charge on any atom is -0.457 e. The molecule has 6 heteroatoms. The third-order valence-corrected chi connectivity index (χ3v) is 6.12. The van der Waals surface area contributed by atoms with Crippen LogP contribution in [0.3, 0.4) is 0 Å². The largest absolute Gasteiger partial charge is 0.457 e. The summed E-state index contributed by atoms with van der Waals surface area (Å²) in [5.74, 6) is 1.41. The van der Waals surface area contributed by atoms with Gasteiger partial charge in [-0.1, -0.05) is 35.6 Å². The Hall–Kier alpha value is -3.22. The van der Waals surface area contributed by atoms with Gasteiger partial charge in [-0.2, -0.15) is 0 Å².